The van der Waals surface area contributed by atoms with Gasteiger partial charge in [0.1, 0.15) is 5.56 Å². The number of nitrogens with one attached hydrogen (secondary N) is 1. The van der Waals surface area contributed by atoms with Gasteiger partial charge in [0.25, 0.3) is 5.79 Å². The van der Waals surface area contributed by atoms with Gasteiger partial charge in [-0.3, -0.25) is 0 Å². The Bertz CT molecular complexity index is 732. The molecule has 1 aromatic carbocycles. The second-order valence-electron chi connectivity index (χ2n) is 5.22. The Hall–Kier alpha value is -2.55. The van der Waals surface area contributed by atoms with E-state index in [1.807, 2.05) is 0 Å². The quantitative estimate of drug-likeness (QED) is 0.343. The molecule has 8 nitrogen and oxygen atoms in total. The first-order chi connectivity index (χ1) is 11.1. The number of phenols is 1. The minimum atomic E-state index is -1.35. The van der Waals surface area contributed by atoms with Crippen molar-refractivity contribution in [3.05, 3.63) is 33.9 Å². The lowest BCUT2D eigenvalue weighted by molar-refractivity contribution is -0.222. The molecule has 0 radical (unpaired) electrons. The third kappa shape index (κ3) is 3.67. The summed E-state index contributed by atoms with van der Waals surface area (Å²) < 4.78 is 14.9. The van der Waals surface area contributed by atoms with Gasteiger partial charge in [-0.1, -0.05) is 15.9 Å². The summed E-state index contributed by atoms with van der Waals surface area (Å²) >= 11 is 3.19. The van der Waals surface area contributed by atoms with Crippen LogP contribution in [-0.4, -0.2) is 35.9 Å². The van der Waals surface area contributed by atoms with Gasteiger partial charge in [0, 0.05) is 24.5 Å². The summed E-state index contributed by atoms with van der Waals surface area (Å²) in [6, 6.07) is 2.81. The second kappa shape index (κ2) is 6.52. The third-order valence-corrected chi connectivity index (χ3v) is 3.43. The molecule has 128 valence electrons. The van der Waals surface area contributed by atoms with Crippen LogP contribution in [0.5, 0.6) is 5.75 Å². The van der Waals surface area contributed by atoms with Crippen LogP contribution in [0.3, 0.4) is 0 Å². The van der Waals surface area contributed by atoms with Crippen LogP contribution >= 0.6 is 15.9 Å². The number of hydrogen-bond donors (Lipinski definition) is 2. The molecule has 0 aliphatic carbocycles. The van der Waals surface area contributed by atoms with E-state index < -0.39 is 29.4 Å². The van der Waals surface area contributed by atoms with Gasteiger partial charge in [-0.25, -0.2) is 14.4 Å². The minimum absolute atomic E-state index is 0.0720. The maximum Gasteiger partial charge on any atom is 0.350 e. The maximum absolute atomic E-state index is 11.8. The highest BCUT2D eigenvalue weighted by Crippen LogP contribution is 2.33. The fourth-order valence-corrected chi connectivity index (χ4v) is 2.36. The Morgan fingerprint density at radius 1 is 1.29 bits per heavy atom. The molecular formula is C15H14BrNO7. The van der Waals surface area contributed by atoms with Crippen molar-refractivity contribution in [1.82, 2.24) is 0 Å². The second-order valence-corrected chi connectivity index (χ2v) is 6.14. The molecule has 1 fully saturated rings. The van der Waals surface area contributed by atoms with Gasteiger partial charge >= 0.3 is 17.9 Å². The van der Waals surface area contributed by atoms with Crippen molar-refractivity contribution in [2.45, 2.75) is 19.6 Å². The Balaban J connectivity index is 2.32. The number of benzene rings is 1. The summed E-state index contributed by atoms with van der Waals surface area (Å²) in [6.45, 7) is 2.85. The van der Waals surface area contributed by atoms with Gasteiger partial charge in [0.2, 0.25) is 0 Å². The SMILES string of the molecule is COC(=O)c1cc(Br)cc(NC=C2C(=O)OC(C)(C)OC2=O)c1O. The van der Waals surface area contributed by atoms with Gasteiger partial charge in [-0.05, 0) is 12.1 Å². The summed E-state index contributed by atoms with van der Waals surface area (Å²) in [5, 5.41) is 12.7. The van der Waals surface area contributed by atoms with Crippen LogP contribution in [0, 0.1) is 0 Å². The minimum Gasteiger partial charge on any atom is -0.505 e. The summed E-state index contributed by atoms with van der Waals surface area (Å²) in [5.74, 6) is -4.23. The van der Waals surface area contributed by atoms with Crippen molar-refractivity contribution >= 4 is 39.5 Å². The monoisotopic (exact) mass is 399 g/mol. The zero-order valence-corrected chi connectivity index (χ0v) is 14.6. The van der Waals surface area contributed by atoms with Crippen LogP contribution in [0.4, 0.5) is 5.69 Å². The lowest BCUT2D eigenvalue weighted by Crippen LogP contribution is -2.42. The van der Waals surface area contributed by atoms with E-state index >= 15 is 0 Å². The molecule has 2 rings (SSSR count). The van der Waals surface area contributed by atoms with Crippen molar-refractivity contribution in [2.75, 3.05) is 12.4 Å². The van der Waals surface area contributed by atoms with E-state index in [1.54, 1.807) is 0 Å². The molecule has 9 heteroatoms. The fraction of sp³-hybridized carbons (Fsp3) is 0.267. The van der Waals surface area contributed by atoms with E-state index in [2.05, 4.69) is 26.0 Å². The van der Waals surface area contributed by atoms with Gasteiger partial charge in [0.05, 0.1) is 12.8 Å². The van der Waals surface area contributed by atoms with Crippen LogP contribution in [0.1, 0.15) is 24.2 Å². The number of methoxy groups -OCH3 is 1. The Labute approximate surface area is 145 Å². The predicted molar refractivity (Wildman–Crippen MR) is 85.1 cm³/mol. The van der Waals surface area contributed by atoms with Gasteiger partial charge in [-0.2, -0.15) is 0 Å². The molecule has 1 heterocycles. The van der Waals surface area contributed by atoms with Crippen molar-refractivity contribution in [3.63, 3.8) is 0 Å². The van der Waals surface area contributed by atoms with Crippen molar-refractivity contribution in [3.8, 4) is 5.75 Å². The number of halogens is 1. The van der Waals surface area contributed by atoms with Crippen LogP contribution in [-0.2, 0) is 23.8 Å². The molecule has 0 bridgehead atoms. The molecule has 1 aliphatic rings. The first-order valence-electron chi connectivity index (χ1n) is 6.69. The summed E-state index contributed by atoms with van der Waals surface area (Å²) in [5.41, 5.74) is -0.404. The molecule has 0 aromatic heterocycles. The van der Waals surface area contributed by atoms with Crippen molar-refractivity contribution in [1.29, 1.82) is 0 Å². The molecule has 0 unspecified atom stereocenters. The average molecular weight is 400 g/mol. The number of anilines is 1. The lowest BCUT2D eigenvalue weighted by atomic mass is 10.1. The highest BCUT2D eigenvalue weighted by atomic mass is 79.9. The van der Waals surface area contributed by atoms with E-state index in [0.717, 1.165) is 6.20 Å². The summed E-state index contributed by atoms with van der Waals surface area (Å²) in [7, 11) is 1.17. The van der Waals surface area contributed by atoms with Crippen LogP contribution in [0.2, 0.25) is 0 Å². The molecule has 0 amide bonds. The molecule has 0 atom stereocenters. The zero-order valence-electron chi connectivity index (χ0n) is 13.0. The number of aromatic hydroxyl groups is 1. The lowest BCUT2D eigenvalue weighted by Gasteiger charge is -2.29. The third-order valence-electron chi connectivity index (χ3n) is 2.97. The number of esters is 3. The Morgan fingerprint density at radius 3 is 2.42 bits per heavy atom. The van der Waals surface area contributed by atoms with Gasteiger partial charge < -0.3 is 24.6 Å². The smallest absolute Gasteiger partial charge is 0.350 e. The molecule has 0 spiro atoms. The van der Waals surface area contributed by atoms with Gasteiger partial charge in [-0.15, -0.1) is 0 Å². The maximum atomic E-state index is 11.8. The summed E-state index contributed by atoms with van der Waals surface area (Å²) in [6.07, 6.45) is 1.03. The van der Waals surface area contributed by atoms with Crippen molar-refractivity contribution in [2.24, 2.45) is 0 Å². The van der Waals surface area contributed by atoms with E-state index in [4.69, 9.17) is 9.47 Å². The average Bonchev–Trinajstić information content (AvgIpc) is 2.47. The number of cyclic esters (lactones) is 2. The summed E-state index contributed by atoms with van der Waals surface area (Å²) in [4.78, 5) is 35.3. The molecule has 1 aliphatic heterocycles. The number of hydrogen-bond acceptors (Lipinski definition) is 8. The Morgan fingerprint density at radius 2 is 1.88 bits per heavy atom. The normalized spacial score (nSPS) is 16.1. The van der Waals surface area contributed by atoms with E-state index in [0.29, 0.717) is 4.47 Å². The predicted octanol–water partition coefficient (Wildman–Crippen LogP) is 2.07. The van der Waals surface area contributed by atoms with E-state index in [-0.39, 0.29) is 16.8 Å². The van der Waals surface area contributed by atoms with Crippen LogP contribution in [0.25, 0.3) is 0 Å². The first kappa shape index (κ1) is 17.8. The standard InChI is InChI=1S/C15H14BrNO7/c1-15(2)23-13(20)9(14(21)24-15)6-17-10-5-7(16)4-8(11(10)18)12(19)22-3/h4-6,17-18H,1-3H3. The van der Waals surface area contributed by atoms with E-state index in [9.17, 15) is 19.5 Å². The number of carbonyl (C=O) groups is 3. The molecular weight excluding hydrogens is 386 g/mol. The highest BCUT2D eigenvalue weighted by Gasteiger charge is 2.39. The molecule has 1 saturated heterocycles. The number of phenolic OH excluding ortho intramolecular Hbond substituents is 1. The molecule has 2 N–H and O–H groups in total. The van der Waals surface area contributed by atoms with Gasteiger partial charge in [0.15, 0.2) is 11.3 Å². The Kier molecular flexibility index (Phi) is 4.83. The topological polar surface area (TPSA) is 111 Å². The van der Waals surface area contributed by atoms with E-state index in [1.165, 1.54) is 33.1 Å². The van der Waals surface area contributed by atoms with Crippen molar-refractivity contribution < 1.29 is 33.7 Å². The fourth-order valence-electron chi connectivity index (χ4n) is 1.90. The zero-order chi connectivity index (χ0) is 18.1. The van der Waals surface area contributed by atoms with Crippen LogP contribution < -0.4 is 5.32 Å². The highest BCUT2D eigenvalue weighted by molar-refractivity contribution is 9.10. The first-order valence-corrected chi connectivity index (χ1v) is 7.48. The molecule has 1 aromatic rings. The number of rotatable bonds is 3. The molecule has 24 heavy (non-hydrogen) atoms. The number of carbonyl (C=O) groups excluding carboxylic acids is 3. The van der Waals surface area contributed by atoms with Crippen LogP contribution in [0.15, 0.2) is 28.4 Å². The number of ether oxygens (including phenoxy) is 3. The molecule has 0 saturated carbocycles. The largest absolute Gasteiger partial charge is 0.505 e.